The number of hydrogen-bond acceptors (Lipinski definition) is 4. The summed E-state index contributed by atoms with van der Waals surface area (Å²) < 4.78 is 32.3. The predicted octanol–water partition coefficient (Wildman–Crippen LogP) is 4.29. The Labute approximate surface area is 179 Å². The van der Waals surface area contributed by atoms with Crippen LogP contribution in [0.15, 0.2) is 35.3 Å². The third kappa shape index (κ3) is 5.51. The highest BCUT2D eigenvalue weighted by Crippen LogP contribution is 2.22. The van der Waals surface area contributed by atoms with E-state index >= 15 is 0 Å². The molecule has 1 aliphatic heterocycles. The van der Waals surface area contributed by atoms with Gasteiger partial charge >= 0.3 is 6.09 Å². The molecule has 1 aromatic heterocycles. The molecule has 0 bridgehead atoms. The van der Waals surface area contributed by atoms with Gasteiger partial charge in [-0.05, 0) is 51.0 Å². The number of aliphatic imine (C=N–C) groups is 1. The maximum atomic E-state index is 13.4. The average molecular weight is 424 g/mol. The molecule has 1 fully saturated rings. The highest BCUT2D eigenvalue weighted by molar-refractivity contribution is 6.12. The molecular weight excluding hydrogens is 402 g/mol. The van der Waals surface area contributed by atoms with Gasteiger partial charge < -0.3 is 9.64 Å². The number of terminal acetylenes is 1. The monoisotopic (exact) mass is 424 g/mol. The average Bonchev–Trinajstić information content (AvgIpc) is 2.73. The Morgan fingerprint density at radius 3 is 2.45 bits per heavy atom. The van der Waals surface area contributed by atoms with Gasteiger partial charge in [0, 0.05) is 36.3 Å². The van der Waals surface area contributed by atoms with Crippen LogP contribution in [-0.4, -0.2) is 40.6 Å². The van der Waals surface area contributed by atoms with Crippen LogP contribution in [0, 0.1) is 49.2 Å². The molecule has 3 rings (SSSR count). The first-order valence-corrected chi connectivity index (χ1v) is 9.78. The number of nitrogens with zero attached hydrogens (tertiary/aromatic N) is 3. The molecule has 2 heterocycles. The number of carbonyl (C=O) groups is 1. The number of nitrogens with one attached hydrogen (secondary N) is 1. The van der Waals surface area contributed by atoms with Crippen molar-refractivity contribution in [2.75, 3.05) is 13.1 Å². The fourth-order valence-corrected chi connectivity index (χ4v) is 3.39. The number of rotatable bonds is 3. The summed E-state index contributed by atoms with van der Waals surface area (Å²) in [7, 11) is 0. The third-order valence-corrected chi connectivity index (χ3v) is 5.03. The fourth-order valence-electron chi connectivity index (χ4n) is 3.39. The quantitative estimate of drug-likeness (QED) is 0.454. The molecule has 6 nitrogen and oxygen atoms in total. The van der Waals surface area contributed by atoms with E-state index < -0.39 is 17.7 Å². The molecule has 160 valence electrons. The van der Waals surface area contributed by atoms with Gasteiger partial charge in [0.25, 0.3) is 0 Å². The maximum absolute atomic E-state index is 13.4. The van der Waals surface area contributed by atoms with E-state index in [1.165, 1.54) is 0 Å². The minimum Gasteiger partial charge on any atom is -0.408 e. The molecule has 0 aliphatic carbocycles. The summed E-state index contributed by atoms with van der Waals surface area (Å²) >= 11 is 0. The van der Waals surface area contributed by atoms with E-state index in [0.29, 0.717) is 43.1 Å². The minimum atomic E-state index is -0.789. The van der Waals surface area contributed by atoms with E-state index in [2.05, 4.69) is 15.9 Å². The van der Waals surface area contributed by atoms with E-state index in [-0.39, 0.29) is 17.3 Å². The number of amidine groups is 1. The summed E-state index contributed by atoms with van der Waals surface area (Å²) in [5.41, 5.74) is 1.80. The molecule has 1 aromatic carbocycles. The first kappa shape index (κ1) is 22.1. The summed E-state index contributed by atoms with van der Waals surface area (Å²) in [5.74, 6) is 0.863. The molecule has 0 unspecified atom stereocenters. The number of amides is 1. The molecule has 0 spiro atoms. The summed E-state index contributed by atoms with van der Waals surface area (Å²) in [5, 5.41) is 8.04. The van der Waals surface area contributed by atoms with Crippen molar-refractivity contribution in [2.24, 2.45) is 10.9 Å². The predicted molar refractivity (Wildman–Crippen MR) is 113 cm³/mol. The largest absolute Gasteiger partial charge is 0.415 e. The van der Waals surface area contributed by atoms with E-state index in [0.717, 1.165) is 23.9 Å². The van der Waals surface area contributed by atoms with E-state index in [1.807, 2.05) is 6.92 Å². The number of halogens is 2. The number of ether oxygens (including phenoxy) is 1. The van der Waals surface area contributed by atoms with Crippen LogP contribution in [0.5, 0.6) is 5.75 Å². The molecule has 31 heavy (non-hydrogen) atoms. The van der Waals surface area contributed by atoms with Crippen LogP contribution in [0.4, 0.5) is 13.6 Å². The second-order valence-corrected chi connectivity index (χ2v) is 7.31. The van der Waals surface area contributed by atoms with E-state index in [1.54, 1.807) is 24.0 Å². The lowest BCUT2D eigenvalue weighted by Gasteiger charge is -2.30. The molecule has 1 amide bonds. The molecule has 1 N–H and O–H groups in total. The van der Waals surface area contributed by atoms with Crippen LogP contribution in [0.2, 0.25) is 0 Å². The Bertz CT molecular complexity index is 1060. The lowest BCUT2D eigenvalue weighted by molar-refractivity contribution is 0.137. The third-order valence-electron chi connectivity index (χ3n) is 5.03. The number of piperidine rings is 1. The van der Waals surface area contributed by atoms with Crippen LogP contribution in [0.25, 0.3) is 0 Å². The second-order valence-electron chi connectivity index (χ2n) is 7.31. The minimum absolute atomic E-state index is 0.00772. The molecule has 0 radical (unpaired) electrons. The maximum Gasteiger partial charge on any atom is 0.415 e. The van der Waals surface area contributed by atoms with Crippen molar-refractivity contribution in [1.82, 2.24) is 9.88 Å². The van der Waals surface area contributed by atoms with E-state index in [4.69, 9.17) is 16.6 Å². The Morgan fingerprint density at radius 2 is 1.87 bits per heavy atom. The standard InChI is InChI=1S/C23H22F2N4O2/c1-4-20(28-22(26)17-11-18(24)13-19(25)12-17)16-7-9-29(10-8-16)23(30)31-21-6-5-14(2)27-15(21)3/h1,5-6,11-13,16,26H,7-10H2,2-3H3. The van der Waals surface area contributed by atoms with Crippen molar-refractivity contribution in [3.8, 4) is 18.1 Å². The molecular formula is C23H22F2N4O2. The normalized spacial score (nSPS) is 14.8. The van der Waals surface area contributed by atoms with Crippen molar-refractivity contribution in [2.45, 2.75) is 26.7 Å². The zero-order valence-electron chi connectivity index (χ0n) is 17.3. The zero-order valence-corrected chi connectivity index (χ0v) is 17.3. The van der Waals surface area contributed by atoms with Crippen molar-refractivity contribution < 1.29 is 18.3 Å². The Balaban J connectivity index is 1.63. The number of aryl methyl sites for hydroxylation is 2. The Morgan fingerprint density at radius 1 is 1.23 bits per heavy atom. The molecule has 1 saturated heterocycles. The van der Waals surface area contributed by atoms with Crippen molar-refractivity contribution >= 4 is 17.6 Å². The zero-order chi connectivity index (χ0) is 22.5. The Kier molecular flexibility index (Phi) is 6.75. The first-order valence-electron chi connectivity index (χ1n) is 9.78. The Hall–Kier alpha value is -3.60. The van der Waals surface area contributed by atoms with Gasteiger partial charge in [-0.15, -0.1) is 6.42 Å². The van der Waals surface area contributed by atoms with Gasteiger partial charge in [0.05, 0.1) is 11.4 Å². The number of aromatic nitrogens is 1. The highest BCUT2D eigenvalue weighted by Gasteiger charge is 2.27. The SMILES string of the molecule is C#CC(=NC(=N)c1cc(F)cc(F)c1)C1CCN(C(=O)Oc2ccc(C)nc2C)CC1. The van der Waals surface area contributed by atoms with Crippen molar-refractivity contribution in [1.29, 1.82) is 5.41 Å². The van der Waals surface area contributed by atoms with Gasteiger partial charge in [-0.2, -0.15) is 0 Å². The smallest absolute Gasteiger partial charge is 0.408 e. The number of carbonyl (C=O) groups excluding carboxylic acids is 1. The van der Waals surface area contributed by atoms with Crippen LogP contribution in [-0.2, 0) is 0 Å². The van der Waals surface area contributed by atoms with Crippen LogP contribution < -0.4 is 4.74 Å². The van der Waals surface area contributed by atoms with Crippen LogP contribution >= 0.6 is 0 Å². The van der Waals surface area contributed by atoms with Gasteiger partial charge in [-0.25, -0.2) is 18.6 Å². The van der Waals surface area contributed by atoms with E-state index in [9.17, 15) is 13.6 Å². The lowest BCUT2D eigenvalue weighted by Crippen LogP contribution is -2.41. The molecule has 0 atom stereocenters. The lowest BCUT2D eigenvalue weighted by atomic mass is 9.92. The summed E-state index contributed by atoms with van der Waals surface area (Å²) in [4.78, 5) is 22.5. The number of likely N-dealkylation sites (tertiary alicyclic amines) is 1. The summed E-state index contributed by atoms with van der Waals surface area (Å²) in [6.45, 7) is 4.45. The fraction of sp³-hybridized carbons (Fsp3) is 0.304. The number of benzene rings is 1. The molecule has 8 heteroatoms. The molecule has 1 aliphatic rings. The van der Waals surface area contributed by atoms with Crippen LogP contribution in [0.1, 0.15) is 29.8 Å². The van der Waals surface area contributed by atoms with Crippen molar-refractivity contribution in [3.05, 3.63) is 58.9 Å². The van der Waals surface area contributed by atoms with Gasteiger partial charge in [-0.3, -0.25) is 10.4 Å². The summed E-state index contributed by atoms with van der Waals surface area (Å²) in [6.07, 6.45) is 6.19. The molecule has 2 aromatic rings. The van der Waals surface area contributed by atoms with Gasteiger partial charge in [-0.1, -0.05) is 5.92 Å². The topological polar surface area (TPSA) is 78.6 Å². The van der Waals surface area contributed by atoms with Crippen molar-refractivity contribution in [3.63, 3.8) is 0 Å². The first-order chi connectivity index (χ1) is 14.8. The van der Waals surface area contributed by atoms with Gasteiger partial charge in [0.15, 0.2) is 11.6 Å². The van der Waals surface area contributed by atoms with Gasteiger partial charge in [0.2, 0.25) is 0 Å². The summed E-state index contributed by atoms with van der Waals surface area (Å²) in [6, 6.07) is 6.28. The van der Waals surface area contributed by atoms with Gasteiger partial charge in [0.1, 0.15) is 11.6 Å². The van der Waals surface area contributed by atoms with Crippen LogP contribution in [0.3, 0.4) is 0 Å². The second kappa shape index (κ2) is 9.47. The molecule has 0 saturated carbocycles. The highest BCUT2D eigenvalue weighted by atomic mass is 19.1. The number of pyridine rings is 1. The number of hydrogen-bond donors (Lipinski definition) is 1.